The second kappa shape index (κ2) is 2.38. The lowest BCUT2D eigenvalue weighted by Gasteiger charge is -2.69. The Morgan fingerprint density at radius 2 is 1.17 bits per heavy atom. The monoisotopic (exact) mass is 242 g/mol. The Bertz CT molecular complexity index is 448. The minimum absolute atomic E-state index is 0.631. The van der Waals surface area contributed by atoms with Crippen molar-refractivity contribution < 1.29 is 0 Å². The second-order valence-electron chi connectivity index (χ2n) is 9.07. The molecule has 0 heterocycles. The summed E-state index contributed by atoms with van der Waals surface area (Å²) in [6.45, 7) is 10.6. The lowest BCUT2D eigenvalue weighted by atomic mass is 9.35. The third kappa shape index (κ3) is 0.629. The summed E-state index contributed by atoms with van der Waals surface area (Å²) in [5.74, 6) is 3.84. The Balaban J connectivity index is 1.78. The molecule has 0 N–H and O–H groups in total. The predicted molar refractivity (Wildman–Crippen MR) is 74.0 cm³/mol. The molecule has 5 aliphatic rings. The molecule has 5 rings (SSSR count). The van der Waals surface area contributed by atoms with E-state index in [-0.39, 0.29) is 0 Å². The zero-order valence-electron chi connectivity index (χ0n) is 12.3. The first kappa shape index (κ1) is 10.5. The van der Waals surface area contributed by atoms with Gasteiger partial charge in [0.15, 0.2) is 0 Å². The van der Waals surface area contributed by atoms with E-state index in [2.05, 4.69) is 39.8 Å². The molecule has 0 aromatic rings. The highest BCUT2D eigenvalue weighted by molar-refractivity contribution is 5.36. The van der Waals surface area contributed by atoms with E-state index in [9.17, 15) is 0 Å². The summed E-state index contributed by atoms with van der Waals surface area (Å²) in [6.07, 6.45) is 11.2. The number of allylic oxidation sites excluding steroid dienone is 2. The van der Waals surface area contributed by atoms with E-state index in [1.807, 2.05) is 0 Å². The first-order valence-corrected chi connectivity index (χ1v) is 8.07. The third-order valence-corrected chi connectivity index (χ3v) is 9.71. The van der Waals surface area contributed by atoms with Crippen LogP contribution in [-0.4, -0.2) is 0 Å². The van der Waals surface area contributed by atoms with E-state index < -0.39 is 0 Å². The fraction of sp³-hybridized carbons (Fsp3) is 0.889. The zero-order valence-corrected chi connectivity index (χ0v) is 12.3. The lowest BCUT2D eigenvalue weighted by molar-refractivity contribution is -0.207. The summed E-state index contributed by atoms with van der Waals surface area (Å²) in [6, 6.07) is 0. The van der Waals surface area contributed by atoms with Crippen LogP contribution in [0, 0.1) is 45.3 Å². The van der Waals surface area contributed by atoms with Gasteiger partial charge in [0.2, 0.25) is 0 Å². The van der Waals surface area contributed by atoms with Gasteiger partial charge in [-0.25, -0.2) is 0 Å². The van der Waals surface area contributed by atoms with Crippen LogP contribution in [0.15, 0.2) is 12.2 Å². The summed E-state index contributed by atoms with van der Waals surface area (Å²) in [5, 5.41) is 0. The molecular formula is C18H26. The van der Waals surface area contributed by atoms with Gasteiger partial charge in [0, 0.05) is 0 Å². The maximum absolute atomic E-state index is 2.68. The van der Waals surface area contributed by atoms with Gasteiger partial charge in [-0.1, -0.05) is 39.8 Å². The molecule has 0 heteroatoms. The van der Waals surface area contributed by atoms with Crippen LogP contribution in [0.3, 0.4) is 0 Å². The normalized spacial score (nSPS) is 74.4. The maximum atomic E-state index is 2.68. The smallest absolute Gasteiger partial charge is 0.0165 e. The maximum Gasteiger partial charge on any atom is -0.0165 e. The quantitative estimate of drug-likeness (QED) is 0.428. The van der Waals surface area contributed by atoms with Gasteiger partial charge >= 0.3 is 0 Å². The van der Waals surface area contributed by atoms with Crippen LogP contribution in [0.2, 0.25) is 0 Å². The fourth-order valence-corrected chi connectivity index (χ4v) is 8.28. The van der Waals surface area contributed by atoms with Crippen molar-refractivity contribution in [3.8, 4) is 0 Å². The summed E-state index contributed by atoms with van der Waals surface area (Å²) < 4.78 is 0. The molecule has 98 valence electrons. The number of fused-ring (bicyclic) bond motifs is 12. The Morgan fingerprint density at radius 1 is 0.722 bits per heavy atom. The summed E-state index contributed by atoms with van der Waals surface area (Å²) >= 11 is 0. The van der Waals surface area contributed by atoms with Crippen molar-refractivity contribution in [3.63, 3.8) is 0 Å². The molecule has 0 aliphatic heterocycles. The van der Waals surface area contributed by atoms with Gasteiger partial charge in [0.05, 0.1) is 0 Å². The van der Waals surface area contributed by atoms with Gasteiger partial charge in [-0.15, -0.1) is 0 Å². The minimum atomic E-state index is 0.631. The molecule has 0 aromatic carbocycles. The lowest BCUT2D eigenvalue weighted by Crippen LogP contribution is -2.63. The zero-order chi connectivity index (χ0) is 12.6. The first-order chi connectivity index (χ1) is 8.39. The van der Waals surface area contributed by atoms with Gasteiger partial charge in [-0.2, -0.15) is 0 Å². The number of hydrogen-bond acceptors (Lipinski definition) is 0. The van der Waals surface area contributed by atoms with E-state index in [1.54, 1.807) is 6.42 Å². The Labute approximate surface area is 111 Å². The third-order valence-electron chi connectivity index (χ3n) is 9.71. The van der Waals surface area contributed by atoms with Gasteiger partial charge in [0.25, 0.3) is 0 Å². The van der Waals surface area contributed by atoms with E-state index in [0.29, 0.717) is 21.7 Å². The molecular weight excluding hydrogens is 216 g/mol. The van der Waals surface area contributed by atoms with Crippen LogP contribution in [0.1, 0.15) is 53.4 Å². The Kier molecular flexibility index (Phi) is 1.39. The van der Waals surface area contributed by atoms with Crippen LogP contribution < -0.4 is 0 Å². The van der Waals surface area contributed by atoms with E-state index in [0.717, 1.165) is 23.7 Å². The fourth-order valence-electron chi connectivity index (χ4n) is 8.28. The van der Waals surface area contributed by atoms with Crippen molar-refractivity contribution in [3.05, 3.63) is 12.2 Å². The largest absolute Gasteiger partial charge is 0.0845 e. The average molecular weight is 242 g/mol. The van der Waals surface area contributed by atoms with Crippen LogP contribution >= 0.6 is 0 Å². The molecule has 0 aromatic heterocycles. The van der Waals surface area contributed by atoms with Crippen molar-refractivity contribution in [2.45, 2.75) is 53.4 Å². The molecule has 0 radical (unpaired) electrons. The molecule has 8 atom stereocenters. The van der Waals surface area contributed by atoms with Crippen molar-refractivity contribution in [2.24, 2.45) is 45.3 Å². The molecule has 0 spiro atoms. The topological polar surface area (TPSA) is 0 Å². The predicted octanol–water partition coefficient (Wildman–Crippen LogP) is 4.66. The summed E-state index contributed by atoms with van der Waals surface area (Å²) in [7, 11) is 0. The average Bonchev–Trinajstić information content (AvgIpc) is 2.99. The van der Waals surface area contributed by atoms with Gasteiger partial charge < -0.3 is 0 Å². The molecule has 0 amide bonds. The summed E-state index contributed by atoms with van der Waals surface area (Å²) in [4.78, 5) is 0. The highest BCUT2D eigenvalue weighted by Gasteiger charge is 2.83. The first-order valence-electron chi connectivity index (χ1n) is 8.07. The molecule has 4 saturated carbocycles. The molecule has 0 saturated heterocycles. The molecule has 4 bridgehead atoms. The minimum Gasteiger partial charge on any atom is -0.0845 e. The Hall–Kier alpha value is -0.260. The standard InChI is InChI=1S/C18H26/c1-15-7-8-16(15,2)14-10-13(15)17(3)11-5-6-12(9-11)18(14,17)4/h5-6,11-14H,7-10H2,1-4H3. The van der Waals surface area contributed by atoms with E-state index >= 15 is 0 Å². The van der Waals surface area contributed by atoms with Gasteiger partial charge in [0.1, 0.15) is 0 Å². The van der Waals surface area contributed by atoms with Crippen molar-refractivity contribution in [1.82, 2.24) is 0 Å². The van der Waals surface area contributed by atoms with Gasteiger partial charge in [-0.05, 0) is 71.0 Å². The van der Waals surface area contributed by atoms with Crippen molar-refractivity contribution in [1.29, 1.82) is 0 Å². The number of rotatable bonds is 0. The molecule has 4 fully saturated rings. The molecule has 18 heavy (non-hydrogen) atoms. The van der Waals surface area contributed by atoms with Crippen molar-refractivity contribution in [2.75, 3.05) is 0 Å². The Morgan fingerprint density at radius 3 is 1.56 bits per heavy atom. The highest BCUT2D eigenvalue weighted by atomic mass is 14.9. The molecule has 8 unspecified atom stereocenters. The second-order valence-corrected chi connectivity index (χ2v) is 9.07. The van der Waals surface area contributed by atoms with Gasteiger partial charge in [-0.3, -0.25) is 0 Å². The summed E-state index contributed by atoms with van der Waals surface area (Å²) in [5.41, 5.74) is 2.63. The van der Waals surface area contributed by atoms with Crippen LogP contribution in [-0.2, 0) is 0 Å². The van der Waals surface area contributed by atoms with Crippen molar-refractivity contribution >= 4 is 0 Å². The SMILES string of the molecule is CC12CCC1(C)C1CC2C2(C)C3C=CC(C3)C12C. The van der Waals surface area contributed by atoms with Crippen LogP contribution in [0.4, 0.5) is 0 Å². The highest BCUT2D eigenvalue weighted by Crippen LogP contribution is 2.89. The van der Waals surface area contributed by atoms with Crippen LogP contribution in [0.5, 0.6) is 0 Å². The molecule has 0 nitrogen and oxygen atoms in total. The number of hydrogen-bond donors (Lipinski definition) is 0. The van der Waals surface area contributed by atoms with E-state index in [1.165, 1.54) is 19.3 Å². The van der Waals surface area contributed by atoms with Crippen LogP contribution in [0.25, 0.3) is 0 Å². The van der Waals surface area contributed by atoms with E-state index in [4.69, 9.17) is 0 Å². The molecule has 5 aliphatic carbocycles.